The monoisotopic (exact) mass is 243 g/mol. The number of nitrogens with one attached hydrogen (secondary N) is 1. The number of rotatable bonds is 5. The maximum absolute atomic E-state index is 13.2. The van der Waals surface area contributed by atoms with Crippen LogP contribution in [0.4, 0.5) is 4.39 Å². The van der Waals surface area contributed by atoms with E-state index in [4.69, 9.17) is 11.6 Å². The molecule has 1 atom stereocenters. The fourth-order valence-corrected chi connectivity index (χ4v) is 1.40. The van der Waals surface area contributed by atoms with Crippen molar-refractivity contribution in [2.75, 3.05) is 6.54 Å². The lowest BCUT2D eigenvalue weighted by Gasteiger charge is -2.08. The van der Waals surface area contributed by atoms with Crippen LogP contribution >= 0.6 is 11.6 Å². The first-order valence-corrected chi connectivity index (χ1v) is 5.75. The summed E-state index contributed by atoms with van der Waals surface area (Å²) in [5.74, 6) is -0.893. The zero-order valence-electron chi connectivity index (χ0n) is 9.17. The highest BCUT2D eigenvalue weighted by Crippen LogP contribution is 2.07. The van der Waals surface area contributed by atoms with E-state index in [1.165, 1.54) is 12.1 Å². The largest absolute Gasteiger partial charge is 0.352 e. The second kappa shape index (κ2) is 6.48. The second-order valence-electron chi connectivity index (χ2n) is 3.53. The number of carbonyl (C=O) groups excluding carboxylic acids is 1. The Balaban J connectivity index is 2.44. The molecule has 0 saturated heterocycles. The third-order valence-corrected chi connectivity index (χ3v) is 2.83. The topological polar surface area (TPSA) is 29.1 Å². The van der Waals surface area contributed by atoms with Crippen LogP contribution in [0.3, 0.4) is 0 Å². The first-order valence-electron chi connectivity index (χ1n) is 5.32. The fraction of sp³-hybridized carbons (Fsp3) is 0.417. The smallest absolute Gasteiger partial charge is 0.254 e. The molecule has 0 aliphatic rings. The van der Waals surface area contributed by atoms with Crippen molar-refractivity contribution >= 4 is 17.5 Å². The average Bonchev–Trinajstić information content (AvgIpc) is 2.29. The number of amides is 1. The molecule has 0 radical (unpaired) electrons. The zero-order chi connectivity index (χ0) is 12.0. The molecule has 0 fully saturated rings. The molecule has 1 N–H and O–H groups in total. The minimum absolute atomic E-state index is 0.0564. The Hall–Kier alpha value is -1.09. The first-order chi connectivity index (χ1) is 7.65. The summed E-state index contributed by atoms with van der Waals surface area (Å²) < 4.78 is 13.2. The zero-order valence-corrected chi connectivity index (χ0v) is 9.93. The Morgan fingerprint density at radius 2 is 2.19 bits per heavy atom. The molecule has 0 bridgehead atoms. The van der Waals surface area contributed by atoms with Crippen LogP contribution < -0.4 is 5.32 Å². The van der Waals surface area contributed by atoms with Crippen molar-refractivity contribution < 1.29 is 9.18 Å². The second-order valence-corrected chi connectivity index (χ2v) is 4.15. The molecule has 88 valence electrons. The molecule has 0 heterocycles. The van der Waals surface area contributed by atoms with Crippen molar-refractivity contribution in [2.45, 2.75) is 25.1 Å². The van der Waals surface area contributed by atoms with E-state index in [0.717, 1.165) is 6.42 Å². The van der Waals surface area contributed by atoms with Crippen molar-refractivity contribution in [1.82, 2.24) is 5.32 Å². The van der Waals surface area contributed by atoms with E-state index in [1.54, 1.807) is 12.1 Å². The lowest BCUT2D eigenvalue weighted by molar-refractivity contribution is 0.0949. The summed E-state index contributed by atoms with van der Waals surface area (Å²) >= 11 is 5.90. The average molecular weight is 244 g/mol. The molecule has 1 amide bonds. The van der Waals surface area contributed by atoms with Gasteiger partial charge in [0.1, 0.15) is 5.82 Å². The van der Waals surface area contributed by atoms with Crippen molar-refractivity contribution in [3.63, 3.8) is 0 Å². The Bertz CT molecular complexity index is 357. The third kappa shape index (κ3) is 3.81. The molecule has 0 aliphatic heterocycles. The van der Waals surface area contributed by atoms with Crippen LogP contribution in [0.25, 0.3) is 0 Å². The molecule has 0 aromatic heterocycles. The van der Waals surface area contributed by atoms with Gasteiger partial charge in [0.15, 0.2) is 0 Å². The number of carbonyl (C=O) groups is 1. The van der Waals surface area contributed by atoms with Crippen LogP contribution in [0.15, 0.2) is 24.3 Å². The summed E-state index contributed by atoms with van der Waals surface area (Å²) in [4.78, 5) is 11.5. The first kappa shape index (κ1) is 13.0. The van der Waals surface area contributed by atoms with Gasteiger partial charge in [0, 0.05) is 11.9 Å². The van der Waals surface area contributed by atoms with Crippen LogP contribution in [0.5, 0.6) is 0 Å². The highest BCUT2D eigenvalue weighted by atomic mass is 35.5. The fourth-order valence-electron chi connectivity index (χ4n) is 1.29. The van der Waals surface area contributed by atoms with Crippen LogP contribution in [0, 0.1) is 5.82 Å². The van der Waals surface area contributed by atoms with Crippen molar-refractivity contribution in [3.05, 3.63) is 35.6 Å². The highest BCUT2D eigenvalue weighted by Gasteiger charge is 2.10. The Labute approximate surface area is 99.8 Å². The maximum Gasteiger partial charge on any atom is 0.254 e. The predicted octanol–water partition coefficient (Wildman–Crippen LogP) is 2.96. The molecule has 2 nitrogen and oxygen atoms in total. The van der Waals surface area contributed by atoms with Gasteiger partial charge in [0.05, 0.1) is 5.56 Å². The van der Waals surface area contributed by atoms with Crippen LogP contribution in [0.1, 0.15) is 30.1 Å². The number of hydrogen-bond donors (Lipinski definition) is 1. The minimum atomic E-state index is -0.502. The lowest BCUT2D eigenvalue weighted by atomic mass is 10.2. The Morgan fingerprint density at radius 3 is 2.81 bits per heavy atom. The molecule has 0 aliphatic carbocycles. The van der Waals surface area contributed by atoms with Crippen molar-refractivity contribution in [1.29, 1.82) is 0 Å². The van der Waals surface area contributed by atoms with E-state index in [0.29, 0.717) is 13.0 Å². The van der Waals surface area contributed by atoms with E-state index < -0.39 is 11.7 Å². The summed E-state index contributed by atoms with van der Waals surface area (Å²) in [6.45, 7) is 2.45. The quantitative estimate of drug-likeness (QED) is 0.792. The third-order valence-electron chi connectivity index (χ3n) is 2.30. The van der Waals surface area contributed by atoms with E-state index in [9.17, 15) is 9.18 Å². The normalized spacial score (nSPS) is 12.2. The van der Waals surface area contributed by atoms with Gasteiger partial charge >= 0.3 is 0 Å². The van der Waals surface area contributed by atoms with Gasteiger partial charge in [-0.3, -0.25) is 4.79 Å². The van der Waals surface area contributed by atoms with E-state index >= 15 is 0 Å². The van der Waals surface area contributed by atoms with Gasteiger partial charge in [-0.25, -0.2) is 4.39 Å². The molecule has 1 aromatic rings. The summed E-state index contributed by atoms with van der Waals surface area (Å²) in [7, 11) is 0. The number of halogens is 2. The molecule has 16 heavy (non-hydrogen) atoms. The molecule has 0 saturated carbocycles. The summed E-state index contributed by atoms with van der Waals surface area (Å²) in [5.41, 5.74) is 0.0742. The number of hydrogen-bond acceptors (Lipinski definition) is 1. The van der Waals surface area contributed by atoms with Gasteiger partial charge in [-0.2, -0.15) is 0 Å². The lowest BCUT2D eigenvalue weighted by Crippen LogP contribution is -2.26. The van der Waals surface area contributed by atoms with E-state index in [2.05, 4.69) is 5.32 Å². The molecule has 1 aromatic carbocycles. The van der Waals surface area contributed by atoms with Crippen LogP contribution in [-0.2, 0) is 0 Å². The Kier molecular flexibility index (Phi) is 5.26. The summed E-state index contributed by atoms with van der Waals surface area (Å²) in [6, 6.07) is 5.92. The number of alkyl halides is 1. The van der Waals surface area contributed by atoms with Crippen LogP contribution in [0.2, 0.25) is 0 Å². The van der Waals surface area contributed by atoms with Gasteiger partial charge < -0.3 is 5.32 Å². The maximum atomic E-state index is 13.2. The molecular weight excluding hydrogens is 229 g/mol. The predicted molar refractivity (Wildman–Crippen MR) is 63.3 cm³/mol. The Morgan fingerprint density at radius 1 is 1.50 bits per heavy atom. The number of benzene rings is 1. The van der Waals surface area contributed by atoms with E-state index in [-0.39, 0.29) is 10.9 Å². The van der Waals surface area contributed by atoms with Gasteiger partial charge in [0.2, 0.25) is 0 Å². The van der Waals surface area contributed by atoms with Gasteiger partial charge in [0.25, 0.3) is 5.91 Å². The molecule has 1 rings (SSSR count). The highest BCUT2D eigenvalue weighted by molar-refractivity contribution is 6.20. The SMILES string of the molecule is CCC(Cl)CCNC(=O)c1ccccc1F. The van der Waals surface area contributed by atoms with Gasteiger partial charge in [-0.05, 0) is 25.0 Å². The molecular formula is C12H15ClFNO. The van der Waals surface area contributed by atoms with Crippen LogP contribution in [-0.4, -0.2) is 17.8 Å². The van der Waals surface area contributed by atoms with Crippen molar-refractivity contribution in [2.24, 2.45) is 0 Å². The van der Waals surface area contributed by atoms with Gasteiger partial charge in [-0.1, -0.05) is 19.1 Å². The summed E-state index contributed by atoms with van der Waals surface area (Å²) in [6.07, 6.45) is 1.55. The summed E-state index contributed by atoms with van der Waals surface area (Å²) in [5, 5.41) is 2.70. The molecule has 1 unspecified atom stereocenters. The standard InChI is InChI=1S/C12H15ClFNO/c1-2-9(13)7-8-15-12(16)10-5-3-4-6-11(10)14/h3-6,9H,2,7-8H2,1H3,(H,15,16). The molecule has 0 spiro atoms. The van der Waals surface area contributed by atoms with Crippen molar-refractivity contribution in [3.8, 4) is 0 Å². The molecule has 4 heteroatoms. The van der Waals surface area contributed by atoms with E-state index in [1.807, 2.05) is 6.92 Å². The minimum Gasteiger partial charge on any atom is -0.352 e. The van der Waals surface area contributed by atoms with Gasteiger partial charge in [-0.15, -0.1) is 11.6 Å².